The first kappa shape index (κ1) is 18.2. The molecule has 1 N–H and O–H groups in total. The SMILES string of the molecule is O=C(Nc1ccc2nc(SCn3nnc4ccccc43)sc2c1)C1CC1(Cl)Cl. The minimum atomic E-state index is -0.923. The number of nitrogens with one attached hydrogen (secondary N) is 1. The van der Waals surface area contributed by atoms with Crippen LogP contribution in [0.4, 0.5) is 5.69 Å². The highest BCUT2D eigenvalue weighted by atomic mass is 35.5. The van der Waals surface area contributed by atoms with E-state index in [1.807, 2.05) is 47.1 Å². The number of benzene rings is 2. The van der Waals surface area contributed by atoms with Gasteiger partial charge < -0.3 is 5.32 Å². The lowest BCUT2D eigenvalue weighted by atomic mass is 10.3. The number of aromatic nitrogens is 4. The van der Waals surface area contributed by atoms with Crippen LogP contribution in [0, 0.1) is 5.92 Å². The van der Waals surface area contributed by atoms with E-state index in [1.165, 1.54) is 0 Å². The zero-order chi connectivity index (χ0) is 19.3. The fraction of sp³-hybridized carbons (Fsp3) is 0.222. The monoisotopic (exact) mass is 449 g/mol. The molecule has 2 aromatic heterocycles. The molecule has 0 bridgehead atoms. The van der Waals surface area contributed by atoms with Crippen LogP contribution < -0.4 is 5.32 Å². The van der Waals surface area contributed by atoms with E-state index in [2.05, 4.69) is 20.6 Å². The van der Waals surface area contributed by atoms with Gasteiger partial charge in [0.15, 0.2) is 4.34 Å². The summed E-state index contributed by atoms with van der Waals surface area (Å²) in [5.41, 5.74) is 3.48. The Morgan fingerprint density at radius 1 is 1.29 bits per heavy atom. The summed E-state index contributed by atoms with van der Waals surface area (Å²) in [4.78, 5) is 16.8. The summed E-state index contributed by atoms with van der Waals surface area (Å²) >= 11 is 15.1. The Morgan fingerprint density at radius 2 is 2.11 bits per heavy atom. The van der Waals surface area contributed by atoms with Gasteiger partial charge >= 0.3 is 0 Å². The van der Waals surface area contributed by atoms with Crippen molar-refractivity contribution in [3.8, 4) is 0 Å². The quantitative estimate of drug-likeness (QED) is 0.345. The van der Waals surface area contributed by atoms with Gasteiger partial charge in [-0.2, -0.15) is 0 Å². The maximum absolute atomic E-state index is 12.2. The highest BCUT2D eigenvalue weighted by molar-refractivity contribution is 8.00. The van der Waals surface area contributed by atoms with Crippen molar-refractivity contribution in [2.45, 2.75) is 21.0 Å². The van der Waals surface area contributed by atoms with Gasteiger partial charge in [0, 0.05) is 5.69 Å². The number of para-hydroxylation sites is 1. The van der Waals surface area contributed by atoms with Crippen LogP contribution in [0.5, 0.6) is 0 Å². The molecule has 142 valence electrons. The van der Waals surface area contributed by atoms with Crippen molar-refractivity contribution in [3.63, 3.8) is 0 Å². The highest BCUT2D eigenvalue weighted by Crippen LogP contribution is 2.53. The molecule has 0 spiro atoms. The summed E-state index contributed by atoms with van der Waals surface area (Å²) in [7, 11) is 0. The molecule has 1 saturated carbocycles. The van der Waals surface area contributed by atoms with Crippen LogP contribution in [0.1, 0.15) is 6.42 Å². The Balaban J connectivity index is 1.30. The molecular weight excluding hydrogens is 437 g/mol. The van der Waals surface area contributed by atoms with Gasteiger partial charge in [-0.25, -0.2) is 9.67 Å². The third kappa shape index (κ3) is 3.45. The number of thiazole rings is 1. The summed E-state index contributed by atoms with van der Waals surface area (Å²) < 4.78 is 2.87. The molecule has 1 unspecified atom stereocenters. The third-order valence-corrected chi connectivity index (χ3v) is 7.47. The van der Waals surface area contributed by atoms with E-state index in [-0.39, 0.29) is 11.8 Å². The molecule has 4 aromatic rings. The van der Waals surface area contributed by atoms with Gasteiger partial charge in [-0.15, -0.1) is 39.6 Å². The lowest BCUT2D eigenvalue weighted by molar-refractivity contribution is -0.117. The standard InChI is InChI=1S/C18H13Cl2N5OS2/c19-18(20)8-11(18)16(26)21-10-5-6-13-15(7-10)28-17(22-13)27-9-25-14-4-2-1-3-12(14)23-24-25/h1-7,11H,8-9H2,(H,21,26). The molecular formula is C18H13Cl2N5OS2. The van der Waals surface area contributed by atoms with Crippen molar-refractivity contribution in [3.05, 3.63) is 42.5 Å². The minimum Gasteiger partial charge on any atom is -0.326 e. The highest BCUT2D eigenvalue weighted by Gasteiger charge is 2.56. The number of alkyl halides is 2. The van der Waals surface area contributed by atoms with Gasteiger partial charge in [0.2, 0.25) is 5.91 Å². The van der Waals surface area contributed by atoms with Gasteiger partial charge in [0.25, 0.3) is 0 Å². The Hall–Kier alpha value is -1.87. The predicted molar refractivity (Wildman–Crippen MR) is 114 cm³/mol. The van der Waals surface area contributed by atoms with E-state index in [0.717, 1.165) is 31.3 Å². The molecule has 1 atom stereocenters. The fourth-order valence-electron chi connectivity index (χ4n) is 2.90. The number of carbonyl (C=O) groups excluding carboxylic acids is 1. The average molecular weight is 450 g/mol. The van der Waals surface area contributed by atoms with E-state index >= 15 is 0 Å². The molecule has 0 aliphatic heterocycles. The topological polar surface area (TPSA) is 72.7 Å². The Kier molecular flexibility index (Phi) is 4.46. The van der Waals surface area contributed by atoms with Crippen molar-refractivity contribution in [2.75, 3.05) is 5.32 Å². The molecule has 10 heteroatoms. The Bertz CT molecular complexity index is 1210. The molecule has 1 aliphatic carbocycles. The smallest absolute Gasteiger partial charge is 0.230 e. The van der Waals surface area contributed by atoms with E-state index < -0.39 is 4.33 Å². The summed E-state index contributed by atoms with van der Waals surface area (Å²) in [6.45, 7) is 0. The lowest BCUT2D eigenvalue weighted by Crippen LogP contribution is -2.16. The number of halogens is 2. The van der Waals surface area contributed by atoms with Crippen molar-refractivity contribution in [2.24, 2.45) is 5.92 Å². The van der Waals surface area contributed by atoms with Crippen molar-refractivity contribution in [1.82, 2.24) is 20.0 Å². The van der Waals surface area contributed by atoms with Crippen LogP contribution in [0.25, 0.3) is 21.3 Å². The van der Waals surface area contributed by atoms with Crippen LogP contribution in [0.15, 0.2) is 46.8 Å². The normalized spacial score (nSPS) is 17.9. The fourth-order valence-corrected chi connectivity index (χ4v) is 5.39. The lowest BCUT2D eigenvalue weighted by Gasteiger charge is -2.04. The minimum absolute atomic E-state index is 0.151. The van der Waals surface area contributed by atoms with Crippen LogP contribution in [-0.2, 0) is 10.7 Å². The molecule has 2 aromatic carbocycles. The molecule has 2 heterocycles. The second kappa shape index (κ2) is 6.88. The second-order valence-corrected chi connectivity index (χ2v) is 10.3. The van der Waals surface area contributed by atoms with Gasteiger partial charge in [-0.1, -0.05) is 29.1 Å². The van der Waals surface area contributed by atoms with E-state index in [4.69, 9.17) is 23.2 Å². The molecule has 28 heavy (non-hydrogen) atoms. The van der Waals surface area contributed by atoms with Crippen molar-refractivity contribution in [1.29, 1.82) is 0 Å². The number of hydrogen-bond acceptors (Lipinski definition) is 6. The third-order valence-electron chi connectivity index (χ3n) is 4.51. The number of fused-ring (bicyclic) bond motifs is 2. The van der Waals surface area contributed by atoms with Crippen LogP contribution in [0.3, 0.4) is 0 Å². The van der Waals surface area contributed by atoms with Crippen LogP contribution >= 0.6 is 46.3 Å². The first-order valence-electron chi connectivity index (χ1n) is 8.50. The van der Waals surface area contributed by atoms with E-state index in [9.17, 15) is 4.79 Å². The van der Waals surface area contributed by atoms with E-state index in [1.54, 1.807) is 23.1 Å². The molecule has 1 fully saturated rings. The molecule has 5 rings (SSSR count). The number of carbonyl (C=O) groups is 1. The summed E-state index contributed by atoms with van der Waals surface area (Å²) in [6, 6.07) is 13.5. The number of amides is 1. The Morgan fingerprint density at radius 3 is 2.93 bits per heavy atom. The number of rotatable bonds is 5. The molecule has 6 nitrogen and oxygen atoms in total. The summed E-state index contributed by atoms with van der Waals surface area (Å²) in [6.07, 6.45) is 0.489. The average Bonchev–Trinajstić information content (AvgIpc) is 3.02. The van der Waals surface area contributed by atoms with Gasteiger partial charge in [-0.05, 0) is 36.8 Å². The second-order valence-electron chi connectivity index (χ2n) is 6.52. The first-order chi connectivity index (χ1) is 13.5. The zero-order valence-electron chi connectivity index (χ0n) is 14.3. The first-order valence-corrected chi connectivity index (χ1v) is 11.1. The largest absolute Gasteiger partial charge is 0.326 e. The number of nitrogens with zero attached hydrogens (tertiary/aromatic N) is 4. The summed E-state index contributed by atoms with van der Waals surface area (Å²) in [5.74, 6) is 0.122. The maximum Gasteiger partial charge on any atom is 0.230 e. The van der Waals surface area contributed by atoms with Crippen LogP contribution in [0.2, 0.25) is 0 Å². The van der Waals surface area contributed by atoms with E-state index in [0.29, 0.717) is 12.3 Å². The predicted octanol–water partition coefficient (Wildman–Crippen LogP) is 4.92. The Labute approximate surface area is 178 Å². The number of hydrogen-bond donors (Lipinski definition) is 1. The van der Waals surface area contributed by atoms with Gasteiger partial charge in [0.1, 0.15) is 9.85 Å². The number of thioether (sulfide) groups is 1. The van der Waals surface area contributed by atoms with Gasteiger partial charge in [0.05, 0.1) is 27.5 Å². The van der Waals surface area contributed by atoms with Crippen molar-refractivity contribution < 1.29 is 4.79 Å². The summed E-state index contributed by atoms with van der Waals surface area (Å²) in [5, 5.41) is 11.2. The molecule has 1 aliphatic rings. The molecule has 1 amide bonds. The molecule has 0 radical (unpaired) electrons. The van der Waals surface area contributed by atoms with Gasteiger partial charge in [-0.3, -0.25) is 4.79 Å². The van der Waals surface area contributed by atoms with Crippen molar-refractivity contribution >= 4 is 79.1 Å². The number of anilines is 1. The molecule has 0 saturated heterocycles. The maximum atomic E-state index is 12.2. The van der Waals surface area contributed by atoms with Crippen LogP contribution in [-0.4, -0.2) is 30.2 Å². The zero-order valence-corrected chi connectivity index (χ0v) is 17.4.